The van der Waals surface area contributed by atoms with Crippen LogP contribution in [0.15, 0.2) is 57.3 Å². The Bertz CT molecular complexity index is 835. The molecule has 0 aliphatic carbocycles. The molecule has 5 nitrogen and oxygen atoms in total. The largest absolute Gasteiger partial charge is 0.463 e. The van der Waals surface area contributed by atoms with Gasteiger partial charge in [-0.1, -0.05) is 6.07 Å². The molecule has 0 spiro atoms. The zero-order chi connectivity index (χ0) is 16.2. The second-order valence-corrected chi connectivity index (χ2v) is 6.28. The molecular weight excluding hydrogens is 312 g/mol. The van der Waals surface area contributed by atoms with E-state index >= 15 is 0 Å². The van der Waals surface area contributed by atoms with Gasteiger partial charge in [-0.2, -0.15) is 0 Å². The number of furan rings is 1. The van der Waals surface area contributed by atoms with Crippen molar-refractivity contribution in [3.8, 4) is 11.5 Å². The smallest absolute Gasteiger partial charge is 0.261 e. The van der Waals surface area contributed by atoms with Gasteiger partial charge in [0.2, 0.25) is 0 Å². The minimum atomic E-state index is -0.431. The average molecular weight is 328 g/mol. The van der Waals surface area contributed by atoms with Gasteiger partial charge in [0.05, 0.1) is 12.0 Å². The molecule has 0 saturated carbocycles. The van der Waals surface area contributed by atoms with Gasteiger partial charge in [0.15, 0.2) is 0 Å². The highest BCUT2D eigenvalue weighted by Gasteiger charge is 2.15. The van der Waals surface area contributed by atoms with Crippen LogP contribution in [0.2, 0.25) is 0 Å². The number of hydrogen-bond donors (Lipinski definition) is 2. The maximum atomic E-state index is 12.3. The minimum absolute atomic E-state index is 0.0506. The molecule has 0 fully saturated rings. The summed E-state index contributed by atoms with van der Waals surface area (Å²) in [6, 6.07) is 10.6. The summed E-state index contributed by atoms with van der Waals surface area (Å²) in [5.41, 5.74) is 0.209. The third-order valence-electron chi connectivity index (χ3n) is 3.41. The van der Waals surface area contributed by atoms with E-state index in [1.807, 2.05) is 24.4 Å². The fraction of sp³-hybridized carbons (Fsp3) is 0.176. The molecule has 0 aromatic carbocycles. The lowest BCUT2D eigenvalue weighted by atomic mass is 10.1. The Labute approximate surface area is 137 Å². The normalized spacial score (nSPS) is 12.0. The van der Waals surface area contributed by atoms with Gasteiger partial charge in [0.25, 0.3) is 11.5 Å². The average Bonchev–Trinajstić information content (AvgIpc) is 3.19. The standard InChI is InChI=1S/C17H16N2O3S/c1-11(10-12-4-3-9-23-12)18-16(20)13-6-7-14(19-17(13)21)15-5-2-8-22-15/h2-9,11H,10H2,1H3,(H,18,20)(H,19,21)/t11-/m1/s1. The lowest BCUT2D eigenvalue weighted by Crippen LogP contribution is -2.36. The van der Waals surface area contributed by atoms with Crippen LogP contribution in [0, 0.1) is 0 Å². The molecule has 0 radical (unpaired) electrons. The highest BCUT2D eigenvalue weighted by molar-refractivity contribution is 7.09. The first kappa shape index (κ1) is 15.3. The summed E-state index contributed by atoms with van der Waals surface area (Å²) in [5.74, 6) is 0.182. The molecule has 0 aliphatic heterocycles. The molecule has 0 aliphatic rings. The molecule has 2 N–H and O–H groups in total. The highest BCUT2D eigenvalue weighted by Crippen LogP contribution is 2.16. The Morgan fingerprint density at radius 1 is 1.30 bits per heavy atom. The molecule has 118 valence electrons. The van der Waals surface area contributed by atoms with E-state index in [1.54, 1.807) is 29.5 Å². The fourth-order valence-electron chi connectivity index (χ4n) is 2.31. The van der Waals surface area contributed by atoms with Crippen molar-refractivity contribution in [3.63, 3.8) is 0 Å². The molecule has 3 aromatic heterocycles. The summed E-state index contributed by atoms with van der Waals surface area (Å²) >= 11 is 1.65. The number of carbonyl (C=O) groups excluding carboxylic acids is 1. The Morgan fingerprint density at radius 3 is 2.83 bits per heavy atom. The Kier molecular flexibility index (Phi) is 4.43. The predicted molar refractivity (Wildman–Crippen MR) is 89.7 cm³/mol. The van der Waals surface area contributed by atoms with Crippen LogP contribution in [-0.2, 0) is 6.42 Å². The number of pyridine rings is 1. The van der Waals surface area contributed by atoms with E-state index in [0.717, 1.165) is 6.42 Å². The summed E-state index contributed by atoms with van der Waals surface area (Å²) in [7, 11) is 0. The number of amides is 1. The number of rotatable bonds is 5. The second-order valence-electron chi connectivity index (χ2n) is 5.25. The van der Waals surface area contributed by atoms with Crippen LogP contribution in [0.5, 0.6) is 0 Å². The minimum Gasteiger partial charge on any atom is -0.463 e. The number of hydrogen-bond acceptors (Lipinski definition) is 4. The summed E-state index contributed by atoms with van der Waals surface area (Å²) in [4.78, 5) is 28.2. The van der Waals surface area contributed by atoms with Crippen molar-refractivity contribution in [2.75, 3.05) is 0 Å². The number of aromatic nitrogens is 1. The molecule has 3 aromatic rings. The summed E-state index contributed by atoms with van der Waals surface area (Å²) in [5, 5.41) is 4.86. The van der Waals surface area contributed by atoms with Crippen LogP contribution >= 0.6 is 11.3 Å². The van der Waals surface area contributed by atoms with Crippen molar-refractivity contribution in [2.24, 2.45) is 0 Å². The monoisotopic (exact) mass is 328 g/mol. The Morgan fingerprint density at radius 2 is 2.17 bits per heavy atom. The number of aromatic amines is 1. The first-order valence-corrected chi connectivity index (χ1v) is 8.12. The van der Waals surface area contributed by atoms with E-state index in [9.17, 15) is 9.59 Å². The van der Waals surface area contributed by atoms with Gasteiger partial charge >= 0.3 is 0 Å². The molecule has 23 heavy (non-hydrogen) atoms. The van der Waals surface area contributed by atoms with Crippen molar-refractivity contribution < 1.29 is 9.21 Å². The molecule has 1 atom stereocenters. The number of thiophene rings is 1. The van der Waals surface area contributed by atoms with Gasteiger partial charge in [-0.05, 0) is 42.6 Å². The predicted octanol–water partition coefficient (Wildman–Crippen LogP) is 3.06. The Balaban J connectivity index is 1.71. The third-order valence-corrected chi connectivity index (χ3v) is 4.30. The van der Waals surface area contributed by atoms with Crippen LogP contribution in [0.4, 0.5) is 0 Å². The van der Waals surface area contributed by atoms with Crippen molar-refractivity contribution in [1.29, 1.82) is 0 Å². The number of nitrogens with one attached hydrogen (secondary N) is 2. The van der Waals surface area contributed by atoms with E-state index in [2.05, 4.69) is 10.3 Å². The maximum Gasteiger partial charge on any atom is 0.261 e. The van der Waals surface area contributed by atoms with E-state index < -0.39 is 5.56 Å². The fourth-order valence-corrected chi connectivity index (χ4v) is 3.15. The molecule has 0 unspecified atom stereocenters. The maximum absolute atomic E-state index is 12.3. The second kappa shape index (κ2) is 6.66. The molecule has 0 bridgehead atoms. The van der Waals surface area contributed by atoms with E-state index in [1.165, 1.54) is 17.2 Å². The van der Waals surface area contributed by atoms with Gasteiger partial charge in [0.1, 0.15) is 11.3 Å². The van der Waals surface area contributed by atoms with Crippen molar-refractivity contribution in [3.05, 3.63) is 68.8 Å². The molecule has 1 amide bonds. The number of H-pyrrole nitrogens is 1. The molecule has 3 rings (SSSR count). The number of carbonyl (C=O) groups is 1. The summed E-state index contributed by atoms with van der Waals surface area (Å²) in [6.45, 7) is 1.92. The zero-order valence-electron chi connectivity index (χ0n) is 12.5. The first-order valence-electron chi connectivity index (χ1n) is 7.24. The van der Waals surface area contributed by atoms with Gasteiger partial charge in [-0.3, -0.25) is 9.59 Å². The van der Waals surface area contributed by atoms with Crippen LogP contribution in [0.25, 0.3) is 11.5 Å². The topological polar surface area (TPSA) is 75.1 Å². The van der Waals surface area contributed by atoms with Crippen LogP contribution in [0.3, 0.4) is 0 Å². The van der Waals surface area contributed by atoms with Crippen molar-refractivity contribution >= 4 is 17.2 Å². The zero-order valence-corrected chi connectivity index (χ0v) is 13.4. The van der Waals surface area contributed by atoms with Crippen LogP contribution in [0.1, 0.15) is 22.2 Å². The SMILES string of the molecule is C[C@H](Cc1cccs1)NC(=O)c1ccc(-c2ccco2)[nH]c1=O. The van der Waals surface area contributed by atoms with Gasteiger partial charge in [0, 0.05) is 17.3 Å². The summed E-state index contributed by atoms with van der Waals surface area (Å²) < 4.78 is 5.23. The molecule has 0 saturated heterocycles. The van der Waals surface area contributed by atoms with Crippen molar-refractivity contribution in [2.45, 2.75) is 19.4 Å². The Hall–Kier alpha value is -2.60. The van der Waals surface area contributed by atoms with Crippen molar-refractivity contribution in [1.82, 2.24) is 10.3 Å². The van der Waals surface area contributed by atoms with Gasteiger partial charge < -0.3 is 14.7 Å². The quantitative estimate of drug-likeness (QED) is 0.756. The van der Waals surface area contributed by atoms with Gasteiger partial charge in [-0.25, -0.2) is 0 Å². The molecule has 3 heterocycles. The van der Waals surface area contributed by atoms with Crippen LogP contribution in [-0.4, -0.2) is 16.9 Å². The molecular formula is C17H16N2O3S. The van der Waals surface area contributed by atoms with Crippen LogP contribution < -0.4 is 10.9 Å². The highest BCUT2D eigenvalue weighted by atomic mass is 32.1. The van der Waals surface area contributed by atoms with E-state index in [-0.39, 0.29) is 17.5 Å². The first-order chi connectivity index (χ1) is 11.1. The lowest BCUT2D eigenvalue weighted by molar-refractivity contribution is 0.0938. The van der Waals surface area contributed by atoms with E-state index in [0.29, 0.717) is 11.5 Å². The summed E-state index contributed by atoms with van der Waals surface area (Å²) in [6.07, 6.45) is 2.27. The third kappa shape index (κ3) is 3.60. The van der Waals surface area contributed by atoms with E-state index in [4.69, 9.17) is 4.42 Å². The lowest BCUT2D eigenvalue weighted by Gasteiger charge is -2.12. The van der Waals surface area contributed by atoms with Gasteiger partial charge in [-0.15, -0.1) is 11.3 Å². The molecule has 6 heteroatoms.